The van der Waals surface area contributed by atoms with E-state index in [0.29, 0.717) is 30.3 Å². The molecule has 0 fully saturated rings. The number of aryl methyl sites for hydroxylation is 1. The van der Waals surface area contributed by atoms with Gasteiger partial charge in [0.2, 0.25) is 0 Å². The van der Waals surface area contributed by atoms with Crippen molar-refractivity contribution >= 4 is 39.3 Å². The second kappa shape index (κ2) is 9.09. The number of anilines is 3. The molecule has 0 aliphatic carbocycles. The molecule has 3 aromatic rings. The van der Waals surface area contributed by atoms with Crippen LogP contribution in [0.1, 0.15) is 15.9 Å². The summed E-state index contributed by atoms with van der Waals surface area (Å²) in [6.45, 7) is 3.02. The van der Waals surface area contributed by atoms with Crippen LogP contribution >= 0.6 is 15.9 Å². The SMILES string of the molecule is Cc1ccnc(Nc2cc(NCCNC(=O)c3ccc(Br)cc3)ncn2)c1. The van der Waals surface area contributed by atoms with Crippen LogP contribution in [0.5, 0.6) is 0 Å². The molecule has 8 heteroatoms. The van der Waals surface area contributed by atoms with Crippen LogP contribution in [0.2, 0.25) is 0 Å². The van der Waals surface area contributed by atoms with Gasteiger partial charge in [-0.15, -0.1) is 0 Å². The van der Waals surface area contributed by atoms with Crippen molar-refractivity contribution < 1.29 is 4.79 Å². The first kappa shape index (κ1) is 18.8. The number of benzene rings is 1. The molecule has 0 radical (unpaired) electrons. The Balaban J connectivity index is 1.48. The van der Waals surface area contributed by atoms with Crippen molar-refractivity contribution in [2.45, 2.75) is 6.92 Å². The number of nitrogens with zero attached hydrogens (tertiary/aromatic N) is 3. The van der Waals surface area contributed by atoms with Gasteiger partial charge in [-0.25, -0.2) is 15.0 Å². The van der Waals surface area contributed by atoms with Crippen molar-refractivity contribution in [1.82, 2.24) is 20.3 Å². The summed E-state index contributed by atoms with van der Waals surface area (Å²) in [5.41, 5.74) is 1.73. The largest absolute Gasteiger partial charge is 0.368 e. The van der Waals surface area contributed by atoms with Gasteiger partial charge < -0.3 is 16.0 Å². The Morgan fingerprint density at radius 3 is 2.48 bits per heavy atom. The minimum Gasteiger partial charge on any atom is -0.368 e. The minimum atomic E-state index is -0.111. The number of hydrogen-bond acceptors (Lipinski definition) is 6. The predicted octanol–water partition coefficient (Wildman–Crippen LogP) is 3.53. The van der Waals surface area contributed by atoms with Crippen LogP contribution in [0.15, 0.2) is 59.5 Å². The Hall–Kier alpha value is -3.00. The Morgan fingerprint density at radius 1 is 0.963 bits per heavy atom. The highest BCUT2D eigenvalue weighted by Gasteiger charge is 2.05. The van der Waals surface area contributed by atoms with Gasteiger partial charge in [-0.2, -0.15) is 0 Å². The van der Waals surface area contributed by atoms with Gasteiger partial charge in [-0.05, 0) is 48.9 Å². The van der Waals surface area contributed by atoms with Gasteiger partial charge in [0, 0.05) is 35.4 Å². The molecule has 7 nitrogen and oxygen atoms in total. The van der Waals surface area contributed by atoms with E-state index in [9.17, 15) is 4.79 Å². The van der Waals surface area contributed by atoms with Crippen molar-refractivity contribution in [3.63, 3.8) is 0 Å². The maximum atomic E-state index is 12.1. The Labute approximate surface area is 165 Å². The summed E-state index contributed by atoms with van der Waals surface area (Å²) in [6, 6.07) is 12.9. The molecule has 2 heterocycles. The van der Waals surface area contributed by atoms with E-state index in [1.54, 1.807) is 24.4 Å². The molecule has 0 spiro atoms. The van der Waals surface area contributed by atoms with Gasteiger partial charge in [-0.1, -0.05) is 15.9 Å². The molecule has 1 amide bonds. The summed E-state index contributed by atoms with van der Waals surface area (Å²) in [4.78, 5) is 24.7. The average Bonchev–Trinajstić information content (AvgIpc) is 2.66. The third kappa shape index (κ3) is 5.75. The summed E-state index contributed by atoms with van der Waals surface area (Å²) in [6.07, 6.45) is 3.22. The maximum Gasteiger partial charge on any atom is 0.251 e. The van der Waals surface area contributed by atoms with Gasteiger partial charge in [0.25, 0.3) is 5.91 Å². The second-order valence-corrected chi connectivity index (χ2v) is 6.74. The first-order valence-electron chi connectivity index (χ1n) is 8.39. The summed E-state index contributed by atoms with van der Waals surface area (Å²) < 4.78 is 0.940. The third-order valence-corrected chi connectivity index (χ3v) is 4.19. The molecule has 3 rings (SSSR count). The van der Waals surface area contributed by atoms with Crippen LogP contribution in [-0.2, 0) is 0 Å². The first-order valence-corrected chi connectivity index (χ1v) is 9.19. The number of aromatic nitrogens is 3. The summed E-state index contributed by atoms with van der Waals surface area (Å²) in [5, 5.41) is 9.17. The zero-order valence-corrected chi connectivity index (χ0v) is 16.3. The molecule has 0 unspecified atom stereocenters. The van der Waals surface area contributed by atoms with Crippen LogP contribution in [-0.4, -0.2) is 33.9 Å². The fourth-order valence-electron chi connectivity index (χ4n) is 2.33. The number of nitrogens with one attached hydrogen (secondary N) is 3. The topological polar surface area (TPSA) is 91.8 Å². The van der Waals surface area contributed by atoms with Gasteiger partial charge in [-0.3, -0.25) is 4.79 Å². The van der Waals surface area contributed by atoms with Gasteiger partial charge in [0.1, 0.15) is 23.8 Å². The van der Waals surface area contributed by atoms with E-state index in [1.807, 2.05) is 31.2 Å². The molecule has 2 aromatic heterocycles. The summed E-state index contributed by atoms with van der Waals surface area (Å²) in [5.74, 6) is 1.92. The molecule has 0 saturated heterocycles. The highest BCUT2D eigenvalue weighted by Crippen LogP contribution is 2.15. The van der Waals surface area contributed by atoms with Crippen molar-refractivity contribution in [2.75, 3.05) is 23.7 Å². The molecule has 0 saturated carbocycles. The highest BCUT2D eigenvalue weighted by atomic mass is 79.9. The lowest BCUT2D eigenvalue weighted by atomic mass is 10.2. The van der Waals surface area contributed by atoms with Crippen LogP contribution in [0.3, 0.4) is 0 Å². The van der Waals surface area contributed by atoms with E-state index < -0.39 is 0 Å². The highest BCUT2D eigenvalue weighted by molar-refractivity contribution is 9.10. The molecule has 1 aromatic carbocycles. The molecular formula is C19H19BrN6O. The number of rotatable bonds is 7. The minimum absolute atomic E-state index is 0.111. The standard InChI is InChI=1S/C19H19BrN6O/c1-13-6-7-21-17(10-13)26-18-11-16(24-12-25-18)22-8-9-23-19(27)14-2-4-15(20)5-3-14/h2-7,10-12H,8-9H2,1H3,(H,23,27)(H2,21,22,24,25,26). The van der Waals surface area contributed by atoms with Crippen molar-refractivity contribution in [1.29, 1.82) is 0 Å². The normalized spacial score (nSPS) is 10.3. The zero-order valence-electron chi connectivity index (χ0n) is 14.7. The second-order valence-electron chi connectivity index (χ2n) is 5.82. The molecule has 3 N–H and O–H groups in total. The molecule has 0 aliphatic rings. The van der Waals surface area contributed by atoms with Crippen LogP contribution in [0, 0.1) is 6.92 Å². The number of carbonyl (C=O) groups is 1. The molecule has 138 valence electrons. The van der Waals surface area contributed by atoms with Gasteiger partial charge >= 0.3 is 0 Å². The van der Waals surface area contributed by atoms with Crippen molar-refractivity contribution in [2.24, 2.45) is 0 Å². The molecular weight excluding hydrogens is 408 g/mol. The molecule has 0 aliphatic heterocycles. The van der Waals surface area contributed by atoms with E-state index in [-0.39, 0.29) is 5.91 Å². The lowest BCUT2D eigenvalue weighted by molar-refractivity contribution is 0.0955. The molecule has 27 heavy (non-hydrogen) atoms. The van der Waals surface area contributed by atoms with E-state index >= 15 is 0 Å². The van der Waals surface area contributed by atoms with E-state index in [4.69, 9.17) is 0 Å². The average molecular weight is 427 g/mol. The number of carbonyl (C=O) groups excluding carboxylic acids is 1. The zero-order chi connectivity index (χ0) is 19.1. The maximum absolute atomic E-state index is 12.1. The lowest BCUT2D eigenvalue weighted by Crippen LogP contribution is -2.28. The summed E-state index contributed by atoms with van der Waals surface area (Å²) >= 11 is 3.35. The first-order chi connectivity index (χ1) is 13.1. The number of hydrogen-bond donors (Lipinski definition) is 3. The predicted molar refractivity (Wildman–Crippen MR) is 109 cm³/mol. The Morgan fingerprint density at radius 2 is 1.70 bits per heavy atom. The Kier molecular flexibility index (Phi) is 6.32. The third-order valence-electron chi connectivity index (χ3n) is 3.66. The van der Waals surface area contributed by atoms with Crippen molar-refractivity contribution in [3.8, 4) is 0 Å². The van der Waals surface area contributed by atoms with Crippen LogP contribution in [0.4, 0.5) is 17.5 Å². The Bertz CT molecular complexity index is 916. The van der Waals surface area contributed by atoms with Crippen LogP contribution in [0.25, 0.3) is 0 Å². The number of pyridine rings is 1. The summed E-state index contributed by atoms with van der Waals surface area (Å²) in [7, 11) is 0. The fraction of sp³-hybridized carbons (Fsp3) is 0.158. The fourth-order valence-corrected chi connectivity index (χ4v) is 2.59. The number of halogens is 1. The smallest absolute Gasteiger partial charge is 0.251 e. The van der Waals surface area contributed by atoms with Crippen molar-refractivity contribution in [3.05, 3.63) is 70.6 Å². The van der Waals surface area contributed by atoms with Crippen LogP contribution < -0.4 is 16.0 Å². The number of amides is 1. The van der Waals surface area contributed by atoms with E-state index in [0.717, 1.165) is 15.9 Å². The quantitative estimate of drug-likeness (QED) is 0.500. The molecule has 0 atom stereocenters. The van der Waals surface area contributed by atoms with Gasteiger partial charge in [0.05, 0.1) is 0 Å². The van der Waals surface area contributed by atoms with Gasteiger partial charge in [0.15, 0.2) is 0 Å². The molecule has 0 bridgehead atoms. The lowest BCUT2D eigenvalue weighted by Gasteiger charge is -2.09. The van der Waals surface area contributed by atoms with E-state index in [2.05, 4.69) is 46.8 Å². The van der Waals surface area contributed by atoms with E-state index in [1.165, 1.54) is 6.33 Å². The monoisotopic (exact) mass is 426 g/mol.